The zero-order valence-electron chi connectivity index (χ0n) is 14.0. The predicted molar refractivity (Wildman–Crippen MR) is 94.1 cm³/mol. The maximum atomic E-state index is 12.5. The molecule has 0 saturated heterocycles. The molecule has 1 heterocycles. The van der Waals surface area contributed by atoms with Crippen LogP contribution in [0.25, 0.3) is 0 Å². The van der Waals surface area contributed by atoms with Gasteiger partial charge in [-0.15, -0.1) is 11.3 Å². The molecular weight excluding hydrogens is 308 g/mol. The highest BCUT2D eigenvalue weighted by molar-refractivity contribution is 7.09. The second kappa shape index (κ2) is 8.67. The van der Waals surface area contributed by atoms with Crippen LogP contribution in [-0.2, 0) is 6.61 Å². The van der Waals surface area contributed by atoms with E-state index in [0.717, 1.165) is 42.4 Å². The van der Waals surface area contributed by atoms with Crippen molar-refractivity contribution in [1.82, 2.24) is 9.88 Å². The molecule has 1 amide bonds. The number of carbonyl (C=O) groups is 1. The van der Waals surface area contributed by atoms with E-state index in [1.807, 2.05) is 41.5 Å². The number of rotatable bonds is 8. The third-order valence-corrected chi connectivity index (χ3v) is 4.34. The number of amides is 1. The number of aryl methyl sites for hydroxylation is 1. The minimum absolute atomic E-state index is 0.0933. The number of hydrogen-bond acceptors (Lipinski definition) is 4. The Morgan fingerprint density at radius 2 is 1.83 bits per heavy atom. The van der Waals surface area contributed by atoms with E-state index in [2.05, 4.69) is 18.8 Å². The molecule has 0 N–H and O–H groups in total. The van der Waals surface area contributed by atoms with Crippen LogP contribution in [0, 0.1) is 6.92 Å². The number of hydrogen-bond donors (Lipinski definition) is 0. The molecule has 2 rings (SSSR count). The zero-order chi connectivity index (χ0) is 16.7. The molecule has 0 unspecified atom stereocenters. The van der Waals surface area contributed by atoms with Gasteiger partial charge in [-0.25, -0.2) is 4.98 Å². The molecule has 0 bridgehead atoms. The maximum Gasteiger partial charge on any atom is 0.253 e. The zero-order valence-corrected chi connectivity index (χ0v) is 14.9. The molecule has 1 aromatic heterocycles. The number of carbonyl (C=O) groups excluding carboxylic acids is 1. The lowest BCUT2D eigenvalue weighted by Gasteiger charge is -2.21. The molecule has 124 valence electrons. The normalized spacial score (nSPS) is 10.6. The Labute approximate surface area is 142 Å². The Morgan fingerprint density at radius 1 is 1.17 bits per heavy atom. The topological polar surface area (TPSA) is 42.4 Å². The standard InChI is InChI=1S/C18H24N2O2S/c1-4-10-20(11-5-2)18(21)15-6-8-16(9-7-15)22-12-17-19-14(3)13-23-17/h6-9,13H,4-5,10-12H2,1-3H3. The number of aromatic nitrogens is 1. The van der Waals surface area contributed by atoms with Gasteiger partial charge in [-0.05, 0) is 44.0 Å². The highest BCUT2D eigenvalue weighted by Crippen LogP contribution is 2.17. The molecule has 4 nitrogen and oxygen atoms in total. The molecule has 0 aliphatic rings. The summed E-state index contributed by atoms with van der Waals surface area (Å²) in [7, 11) is 0. The number of benzene rings is 1. The van der Waals surface area contributed by atoms with Gasteiger partial charge >= 0.3 is 0 Å². The first kappa shape index (κ1) is 17.5. The van der Waals surface area contributed by atoms with Crippen molar-refractivity contribution in [2.24, 2.45) is 0 Å². The molecular formula is C18H24N2O2S. The van der Waals surface area contributed by atoms with Gasteiger partial charge in [0.25, 0.3) is 5.91 Å². The second-order valence-electron chi connectivity index (χ2n) is 5.49. The van der Waals surface area contributed by atoms with Crippen molar-refractivity contribution in [3.63, 3.8) is 0 Å². The molecule has 2 aromatic rings. The smallest absolute Gasteiger partial charge is 0.253 e. The van der Waals surface area contributed by atoms with Crippen LogP contribution in [0.15, 0.2) is 29.6 Å². The van der Waals surface area contributed by atoms with E-state index in [1.54, 1.807) is 11.3 Å². The Balaban J connectivity index is 1.96. The summed E-state index contributed by atoms with van der Waals surface area (Å²) >= 11 is 1.59. The minimum atomic E-state index is 0.0933. The fraction of sp³-hybridized carbons (Fsp3) is 0.444. The summed E-state index contributed by atoms with van der Waals surface area (Å²) in [6.45, 7) is 8.21. The molecule has 5 heteroatoms. The first-order valence-corrected chi connectivity index (χ1v) is 8.95. The van der Waals surface area contributed by atoms with Crippen molar-refractivity contribution in [2.75, 3.05) is 13.1 Å². The molecule has 0 spiro atoms. The Kier molecular flexibility index (Phi) is 6.59. The first-order valence-electron chi connectivity index (χ1n) is 8.07. The van der Waals surface area contributed by atoms with E-state index in [9.17, 15) is 4.79 Å². The molecule has 0 aliphatic heterocycles. The summed E-state index contributed by atoms with van der Waals surface area (Å²) in [6, 6.07) is 7.37. The minimum Gasteiger partial charge on any atom is -0.486 e. The van der Waals surface area contributed by atoms with Gasteiger partial charge in [-0.1, -0.05) is 13.8 Å². The lowest BCUT2D eigenvalue weighted by molar-refractivity contribution is 0.0755. The van der Waals surface area contributed by atoms with Gasteiger partial charge in [0, 0.05) is 29.7 Å². The Hall–Kier alpha value is -1.88. The Bertz CT molecular complexity index is 616. The van der Waals surface area contributed by atoms with Gasteiger partial charge in [-0.3, -0.25) is 4.79 Å². The van der Waals surface area contributed by atoms with Crippen LogP contribution in [0.5, 0.6) is 5.75 Å². The average molecular weight is 332 g/mol. The molecule has 0 fully saturated rings. The van der Waals surface area contributed by atoms with Crippen LogP contribution < -0.4 is 4.74 Å². The maximum absolute atomic E-state index is 12.5. The monoisotopic (exact) mass is 332 g/mol. The van der Waals surface area contributed by atoms with Gasteiger partial charge in [-0.2, -0.15) is 0 Å². The third-order valence-electron chi connectivity index (χ3n) is 3.40. The lowest BCUT2D eigenvalue weighted by atomic mass is 10.2. The van der Waals surface area contributed by atoms with E-state index >= 15 is 0 Å². The van der Waals surface area contributed by atoms with Gasteiger partial charge in [0.05, 0.1) is 0 Å². The fourth-order valence-electron chi connectivity index (χ4n) is 2.35. The quantitative estimate of drug-likeness (QED) is 0.724. The molecule has 0 atom stereocenters. The van der Waals surface area contributed by atoms with Gasteiger partial charge in [0.1, 0.15) is 17.4 Å². The average Bonchev–Trinajstić information content (AvgIpc) is 2.98. The molecule has 0 aliphatic carbocycles. The number of nitrogens with zero attached hydrogens (tertiary/aromatic N) is 2. The molecule has 0 saturated carbocycles. The van der Waals surface area contributed by atoms with Crippen molar-refractivity contribution < 1.29 is 9.53 Å². The summed E-state index contributed by atoms with van der Waals surface area (Å²) in [4.78, 5) is 18.8. The summed E-state index contributed by atoms with van der Waals surface area (Å²) < 4.78 is 5.72. The highest BCUT2D eigenvalue weighted by Gasteiger charge is 2.14. The highest BCUT2D eigenvalue weighted by atomic mass is 32.1. The first-order chi connectivity index (χ1) is 11.1. The van der Waals surface area contributed by atoms with Crippen LogP contribution in [0.3, 0.4) is 0 Å². The lowest BCUT2D eigenvalue weighted by Crippen LogP contribution is -2.32. The fourth-order valence-corrected chi connectivity index (χ4v) is 3.03. The van der Waals surface area contributed by atoms with Gasteiger partial charge in [0.2, 0.25) is 0 Å². The van der Waals surface area contributed by atoms with Crippen LogP contribution in [0.4, 0.5) is 0 Å². The third kappa shape index (κ3) is 5.06. The van der Waals surface area contributed by atoms with Crippen molar-refractivity contribution >= 4 is 17.2 Å². The van der Waals surface area contributed by atoms with E-state index in [0.29, 0.717) is 12.2 Å². The van der Waals surface area contributed by atoms with Crippen LogP contribution in [-0.4, -0.2) is 28.9 Å². The number of thiazole rings is 1. The summed E-state index contributed by atoms with van der Waals surface area (Å²) in [5.41, 5.74) is 1.73. The van der Waals surface area contributed by atoms with Crippen LogP contribution in [0.2, 0.25) is 0 Å². The molecule has 23 heavy (non-hydrogen) atoms. The molecule has 1 aromatic carbocycles. The predicted octanol–water partition coefficient (Wildman–Crippen LogP) is 4.29. The van der Waals surface area contributed by atoms with E-state index in [-0.39, 0.29) is 5.91 Å². The molecule has 0 radical (unpaired) electrons. The van der Waals surface area contributed by atoms with Gasteiger partial charge < -0.3 is 9.64 Å². The van der Waals surface area contributed by atoms with Gasteiger partial charge in [0.15, 0.2) is 0 Å². The SMILES string of the molecule is CCCN(CCC)C(=O)c1ccc(OCc2nc(C)cs2)cc1. The summed E-state index contributed by atoms with van der Waals surface area (Å²) in [6.07, 6.45) is 1.94. The number of ether oxygens (including phenoxy) is 1. The van der Waals surface area contributed by atoms with Crippen molar-refractivity contribution in [3.05, 3.63) is 45.9 Å². The summed E-state index contributed by atoms with van der Waals surface area (Å²) in [5, 5.41) is 2.97. The second-order valence-corrected chi connectivity index (χ2v) is 6.43. The van der Waals surface area contributed by atoms with Crippen molar-refractivity contribution in [2.45, 2.75) is 40.2 Å². The largest absolute Gasteiger partial charge is 0.486 e. The van der Waals surface area contributed by atoms with Crippen molar-refractivity contribution in [1.29, 1.82) is 0 Å². The van der Waals surface area contributed by atoms with E-state index in [4.69, 9.17) is 4.74 Å². The van der Waals surface area contributed by atoms with E-state index < -0.39 is 0 Å². The van der Waals surface area contributed by atoms with Crippen LogP contribution >= 0.6 is 11.3 Å². The van der Waals surface area contributed by atoms with Crippen molar-refractivity contribution in [3.8, 4) is 5.75 Å². The van der Waals surface area contributed by atoms with E-state index in [1.165, 1.54) is 0 Å². The van der Waals surface area contributed by atoms with Crippen LogP contribution in [0.1, 0.15) is 47.7 Å². The Morgan fingerprint density at radius 3 is 2.35 bits per heavy atom. The summed E-state index contributed by atoms with van der Waals surface area (Å²) in [5.74, 6) is 0.850.